The van der Waals surface area contributed by atoms with Crippen LogP contribution < -0.4 is 19.9 Å². The van der Waals surface area contributed by atoms with Gasteiger partial charge in [0, 0.05) is 29.6 Å². The zero-order valence-electron chi connectivity index (χ0n) is 17.4. The Morgan fingerprint density at radius 3 is 2.47 bits per heavy atom. The number of fused-ring (bicyclic) bond motifs is 2. The normalized spacial score (nSPS) is 11.0. The van der Waals surface area contributed by atoms with Crippen molar-refractivity contribution in [3.8, 4) is 17.2 Å². The largest absolute Gasteiger partial charge is 0.494 e. The van der Waals surface area contributed by atoms with E-state index in [2.05, 4.69) is 23.0 Å². The zero-order chi connectivity index (χ0) is 21.1. The second kappa shape index (κ2) is 8.45. The molecular formula is C24H25N3O3. The van der Waals surface area contributed by atoms with E-state index in [0.29, 0.717) is 30.3 Å². The third kappa shape index (κ3) is 3.81. The summed E-state index contributed by atoms with van der Waals surface area (Å²) in [6, 6.07) is 11.9. The number of hydrogen-bond donors (Lipinski definition) is 1. The quantitative estimate of drug-likeness (QED) is 0.479. The molecule has 0 unspecified atom stereocenters. The summed E-state index contributed by atoms with van der Waals surface area (Å²) < 4.78 is 16.7. The number of anilines is 1. The molecule has 6 heteroatoms. The molecule has 0 bridgehead atoms. The Morgan fingerprint density at radius 1 is 0.900 bits per heavy atom. The number of benzene rings is 2. The monoisotopic (exact) mass is 403 g/mol. The molecule has 2 N–H and O–H groups in total. The van der Waals surface area contributed by atoms with Crippen LogP contribution in [0, 0.1) is 0 Å². The van der Waals surface area contributed by atoms with E-state index in [1.165, 1.54) is 0 Å². The van der Waals surface area contributed by atoms with Crippen molar-refractivity contribution in [3.05, 3.63) is 59.9 Å². The lowest BCUT2D eigenvalue weighted by molar-refractivity contribution is 0.318. The average Bonchev–Trinajstić information content (AvgIpc) is 2.77. The molecule has 30 heavy (non-hydrogen) atoms. The van der Waals surface area contributed by atoms with Crippen LogP contribution >= 0.6 is 0 Å². The van der Waals surface area contributed by atoms with Gasteiger partial charge in [-0.1, -0.05) is 6.92 Å². The summed E-state index contributed by atoms with van der Waals surface area (Å²) in [4.78, 5) is 8.99. The molecule has 0 spiro atoms. The van der Waals surface area contributed by atoms with Gasteiger partial charge in [0.25, 0.3) is 0 Å². The summed E-state index contributed by atoms with van der Waals surface area (Å²) in [7, 11) is 3.26. The SMILES string of the molecule is CCCOc1ccc2nc(N)c(Cc3cncc4cc(OC)c(OC)cc34)cc2c1. The molecule has 2 heterocycles. The van der Waals surface area contributed by atoms with Gasteiger partial charge in [-0.3, -0.25) is 4.98 Å². The fourth-order valence-corrected chi connectivity index (χ4v) is 3.57. The first-order chi connectivity index (χ1) is 14.6. The van der Waals surface area contributed by atoms with Crippen LogP contribution in [0.5, 0.6) is 17.2 Å². The van der Waals surface area contributed by atoms with Crippen molar-refractivity contribution in [2.24, 2.45) is 0 Å². The second-order valence-electron chi connectivity index (χ2n) is 7.14. The zero-order valence-corrected chi connectivity index (χ0v) is 17.4. The smallest absolute Gasteiger partial charge is 0.161 e. The summed E-state index contributed by atoms with van der Waals surface area (Å²) in [5.41, 5.74) is 9.13. The Hall–Kier alpha value is -3.54. The molecule has 0 saturated carbocycles. The number of nitrogen functional groups attached to an aromatic ring is 1. The number of pyridine rings is 2. The van der Waals surface area contributed by atoms with E-state index in [1.807, 2.05) is 42.7 Å². The van der Waals surface area contributed by atoms with Crippen molar-refractivity contribution in [3.63, 3.8) is 0 Å². The lowest BCUT2D eigenvalue weighted by atomic mass is 9.99. The van der Waals surface area contributed by atoms with Crippen molar-refractivity contribution >= 4 is 27.5 Å². The Balaban J connectivity index is 1.76. The van der Waals surface area contributed by atoms with Gasteiger partial charge in [0.2, 0.25) is 0 Å². The minimum absolute atomic E-state index is 0.516. The van der Waals surface area contributed by atoms with Gasteiger partial charge < -0.3 is 19.9 Å². The van der Waals surface area contributed by atoms with E-state index in [-0.39, 0.29) is 0 Å². The minimum atomic E-state index is 0.516. The molecule has 0 aliphatic heterocycles. The number of ether oxygens (including phenoxy) is 3. The maximum atomic E-state index is 6.29. The molecule has 4 rings (SSSR count). The molecule has 0 saturated heterocycles. The molecule has 0 aliphatic carbocycles. The molecular weight excluding hydrogens is 378 g/mol. The van der Waals surface area contributed by atoms with Gasteiger partial charge in [0.15, 0.2) is 11.5 Å². The molecule has 4 aromatic rings. The first-order valence-electron chi connectivity index (χ1n) is 9.93. The predicted molar refractivity (Wildman–Crippen MR) is 120 cm³/mol. The van der Waals surface area contributed by atoms with Gasteiger partial charge in [-0.25, -0.2) is 4.98 Å². The van der Waals surface area contributed by atoms with Gasteiger partial charge in [-0.15, -0.1) is 0 Å². The van der Waals surface area contributed by atoms with E-state index < -0.39 is 0 Å². The van der Waals surface area contributed by atoms with E-state index in [0.717, 1.165) is 45.0 Å². The van der Waals surface area contributed by atoms with Crippen LogP contribution in [0.2, 0.25) is 0 Å². The van der Waals surface area contributed by atoms with Crippen LogP contribution in [0.4, 0.5) is 5.82 Å². The summed E-state index contributed by atoms with van der Waals surface area (Å²) in [6.45, 7) is 2.78. The van der Waals surface area contributed by atoms with Crippen molar-refractivity contribution in [1.29, 1.82) is 0 Å². The third-order valence-corrected chi connectivity index (χ3v) is 5.10. The summed E-state index contributed by atoms with van der Waals surface area (Å²) in [6.07, 6.45) is 5.25. The number of nitrogens with zero attached hydrogens (tertiary/aromatic N) is 2. The predicted octanol–water partition coefficient (Wildman–Crippen LogP) is 4.76. The number of rotatable bonds is 7. The maximum absolute atomic E-state index is 6.29. The lowest BCUT2D eigenvalue weighted by Gasteiger charge is -2.13. The molecule has 0 fully saturated rings. The number of hydrogen-bond acceptors (Lipinski definition) is 6. The van der Waals surface area contributed by atoms with Crippen molar-refractivity contribution in [1.82, 2.24) is 9.97 Å². The van der Waals surface area contributed by atoms with Gasteiger partial charge >= 0.3 is 0 Å². The molecule has 2 aromatic carbocycles. The Bertz CT molecular complexity index is 1210. The maximum Gasteiger partial charge on any atom is 0.161 e. The van der Waals surface area contributed by atoms with E-state index in [1.54, 1.807) is 14.2 Å². The molecule has 0 aliphatic rings. The van der Waals surface area contributed by atoms with Crippen LogP contribution in [0.3, 0.4) is 0 Å². The van der Waals surface area contributed by atoms with Crippen LogP contribution in [-0.4, -0.2) is 30.8 Å². The van der Waals surface area contributed by atoms with Crippen LogP contribution in [-0.2, 0) is 6.42 Å². The summed E-state index contributed by atoms with van der Waals surface area (Å²) >= 11 is 0. The molecule has 0 amide bonds. The van der Waals surface area contributed by atoms with Crippen LogP contribution in [0.25, 0.3) is 21.7 Å². The fourth-order valence-electron chi connectivity index (χ4n) is 3.57. The van der Waals surface area contributed by atoms with Crippen LogP contribution in [0.1, 0.15) is 24.5 Å². The highest BCUT2D eigenvalue weighted by atomic mass is 16.5. The average molecular weight is 403 g/mol. The molecule has 6 nitrogen and oxygen atoms in total. The van der Waals surface area contributed by atoms with E-state index in [9.17, 15) is 0 Å². The summed E-state index contributed by atoms with van der Waals surface area (Å²) in [5.74, 6) is 2.71. The number of methoxy groups -OCH3 is 2. The first-order valence-corrected chi connectivity index (χ1v) is 9.93. The Kier molecular flexibility index (Phi) is 5.57. The van der Waals surface area contributed by atoms with Crippen LogP contribution in [0.15, 0.2) is 48.8 Å². The fraction of sp³-hybridized carbons (Fsp3) is 0.250. The van der Waals surface area contributed by atoms with Gasteiger partial charge in [0.05, 0.1) is 26.3 Å². The topological polar surface area (TPSA) is 79.5 Å². The minimum Gasteiger partial charge on any atom is -0.494 e. The standard InChI is InChI=1S/C24H25N3O3/c1-4-7-30-19-5-6-21-15(10-19)8-16(24(25)27-21)9-17-13-26-14-18-11-22(28-2)23(29-3)12-20(17)18/h5-6,8,10-14H,4,7,9H2,1-3H3,(H2,25,27). The number of nitrogens with two attached hydrogens (primary N) is 1. The highest BCUT2D eigenvalue weighted by molar-refractivity contribution is 5.89. The number of aromatic nitrogens is 2. The molecule has 0 radical (unpaired) electrons. The molecule has 2 aromatic heterocycles. The molecule has 0 atom stereocenters. The van der Waals surface area contributed by atoms with Crippen molar-refractivity contribution in [2.45, 2.75) is 19.8 Å². The Labute approximate surface area is 175 Å². The highest BCUT2D eigenvalue weighted by Crippen LogP contribution is 2.34. The second-order valence-corrected chi connectivity index (χ2v) is 7.14. The van der Waals surface area contributed by atoms with Crippen molar-refractivity contribution < 1.29 is 14.2 Å². The van der Waals surface area contributed by atoms with Gasteiger partial charge in [-0.05, 0) is 59.3 Å². The highest BCUT2D eigenvalue weighted by Gasteiger charge is 2.12. The van der Waals surface area contributed by atoms with E-state index >= 15 is 0 Å². The summed E-state index contributed by atoms with van der Waals surface area (Å²) in [5, 5.41) is 3.02. The Morgan fingerprint density at radius 2 is 1.70 bits per heavy atom. The lowest BCUT2D eigenvalue weighted by Crippen LogP contribution is -2.01. The van der Waals surface area contributed by atoms with Gasteiger partial charge in [0.1, 0.15) is 11.6 Å². The third-order valence-electron chi connectivity index (χ3n) is 5.10. The van der Waals surface area contributed by atoms with E-state index in [4.69, 9.17) is 19.9 Å². The first kappa shape index (κ1) is 19.8. The molecule has 154 valence electrons. The van der Waals surface area contributed by atoms with Crippen molar-refractivity contribution in [2.75, 3.05) is 26.6 Å². The van der Waals surface area contributed by atoms with Gasteiger partial charge in [-0.2, -0.15) is 0 Å².